The molecule has 0 atom stereocenters. The van der Waals surface area contributed by atoms with E-state index >= 15 is 0 Å². The minimum Gasteiger partial charge on any atom is -0.324 e. The van der Waals surface area contributed by atoms with Gasteiger partial charge in [-0.2, -0.15) is 4.31 Å². The van der Waals surface area contributed by atoms with E-state index in [1.165, 1.54) is 22.5 Å². The Hall–Kier alpha value is -2.34. The summed E-state index contributed by atoms with van der Waals surface area (Å²) in [6.45, 7) is 1.32. The number of carbonyl (C=O) groups excluding carboxylic acids is 1. The molecule has 29 heavy (non-hydrogen) atoms. The number of hydrogen-bond donors (Lipinski definition) is 1. The van der Waals surface area contributed by atoms with Crippen molar-refractivity contribution in [2.75, 3.05) is 38.0 Å². The van der Waals surface area contributed by atoms with Gasteiger partial charge in [0.15, 0.2) is 0 Å². The molecule has 2 aromatic rings. The number of piperazine rings is 1. The third-order valence-corrected chi connectivity index (χ3v) is 7.10. The van der Waals surface area contributed by atoms with E-state index in [0.29, 0.717) is 18.8 Å². The number of para-hydroxylation sites is 1. The van der Waals surface area contributed by atoms with Gasteiger partial charge in [-0.05, 0) is 34.1 Å². The number of nitro benzene ring substituents is 1. The molecule has 1 heterocycles. The summed E-state index contributed by atoms with van der Waals surface area (Å²) in [7, 11) is -3.83. The van der Waals surface area contributed by atoms with Crippen molar-refractivity contribution < 1.29 is 18.1 Å². The molecule has 2 aromatic carbocycles. The highest BCUT2D eigenvalue weighted by molar-refractivity contribution is 9.10. The molecule has 1 aliphatic rings. The SMILES string of the molecule is O=C(CN1CCN(S(=O)(=O)c2cccc([N+](=O)[O-])c2)CC1)Nc1ccccc1Br. The van der Waals surface area contributed by atoms with Gasteiger partial charge in [-0.25, -0.2) is 8.42 Å². The first-order chi connectivity index (χ1) is 13.8. The second kappa shape index (κ2) is 8.99. The predicted octanol–water partition coefficient (Wildman–Crippen LogP) is 2.30. The molecule has 1 fully saturated rings. The Kier molecular flexibility index (Phi) is 6.63. The number of nitrogens with zero attached hydrogens (tertiary/aromatic N) is 3. The van der Waals surface area contributed by atoms with E-state index in [9.17, 15) is 23.3 Å². The summed E-state index contributed by atoms with van der Waals surface area (Å²) >= 11 is 3.37. The van der Waals surface area contributed by atoms with Crippen LogP contribution in [0.15, 0.2) is 57.9 Å². The summed E-state index contributed by atoms with van der Waals surface area (Å²) in [5, 5.41) is 13.7. The third-order valence-electron chi connectivity index (χ3n) is 4.51. The van der Waals surface area contributed by atoms with Gasteiger partial charge in [0.05, 0.1) is 22.1 Å². The molecule has 1 N–H and O–H groups in total. The van der Waals surface area contributed by atoms with Crippen LogP contribution in [0.4, 0.5) is 11.4 Å². The Morgan fingerprint density at radius 2 is 1.79 bits per heavy atom. The van der Waals surface area contributed by atoms with E-state index in [1.807, 2.05) is 23.1 Å². The van der Waals surface area contributed by atoms with Crippen molar-refractivity contribution in [3.63, 3.8) is 0 Å². The largest absolute Gasteiger partial charge is 0.324 e. The number of anilines is 1. The van der Waals surface area contributed by atoms with Crippen molar-refractivity contribution in [1.82, 2.24) is 9.21 Å². The van der Waals surface area contributed by atoms with E-state index in [-0.39, 0.29) is 36.1 Å². The highest BCUT2D eigenvalue weighted by atomic mass is 79.9. The summed E-state index contributed by atoms with van der Waals surface area (Å²) in [4.78, 5) is 24.3. The van der Waals surface area contributed by atoms with Crippen LogP contribution < -0.4 is 5.32 Å². The number of amides is 1. The quantitative estimate of drug-likeness (QED) is 0.499. The number of sulfonamides is 1. The Morgan fingerprint density at radius 3 is 2.45 bits per heavy atom. The number of benzene rings is 2. The molecule has 0 radical (unpaired) electrons. The summed E-state index contributed by atoms with van der Waals surface area (Å²) in [6.07, 6.45) is 0. The monoisotopic (exact) mass is 482 g/mol. The summed E-state index contributed by atoms with van der Waals surface area (Å²) in [5.41, 5.74) is 0.401. The van der Waals surface area contributed by atoms with Gasteiger partial charge in [0.2, 0.25) is 15.9 Å². The number of hydrogen-bond acceptors (Lipinski definition) is 6. The fourth-order valence-corrected chi connectivity index (χ4v) is 4.84. The Balaban J connectivity index is 1.58. The molecule has 11 heteroatoms. The molecular formula is C18H19BrN4O5S. The van der Waals surface area contributed by atoms with Crippen molar-refractivity contribution in [3.05, 3.63) is 63.1 Å². The standard InChI is InChI=1S/C18H19BrN4O5S/c19-16-6-1-2-7-17(16)20-18(24)13-21-8-10-22(11-9-21)29(27,28)15-5-3-4-14(12-15)23(25)26/h1-7,12H,8-11,13H2,(H,20,24). The maximum Gasteiger partial charge on any atom is 0.270 e. The molecule has 3 rings (SSSR count). The van der Waals surface area contributed by atoms with Gasteiger partial charge in [0, 0.05) is 42.8 Å². The van der Waals surface area contributed by atoms with Crippen LogP contribution in [0.2, 0.25) is 0 Å². The topological polar surface area (TPSA) is 113 Å². The van der Waals surface area contributed by atoms with Crippen LogP contribution in [0.3, 0.4) is 0 Å². The average Bonchev–Trinajstić information content (AvgIpc) is 2.70. The fraction of sp³-hybridized carbons (Fsp3) is 0.278. The molecule has 0 aliphatic carbocycles. The van der Waals surface area contributed by atoms with Crippen LogP contribution in [-0.4, -0.2) is 61.2 Å². The summed E-state index contributed by atoms with van der Waals surface area (Å²) in [6, 6.07) is 12.3. The molecule has 1 aliphatic heterocycles. The molecule has 1 amide bonds. The van der Waals surface area contributed by atoms with Crippen molar-refractivity contribution in [2.24, 2.45) is 0 Å². The first kappa shape index (κ1) is 21.4. The smallest absolute Gasteiger partial charge is 0.270 e. The molecule has 0 unspecified atom stereocenters. The van der Waals surface area contributed by atoms with E-state index < -0.39 is 14.9 Å². The van der Waals surface area contributed by atoms with Gasteiger partial charge in [-0.15, -0.1) is 0 Å². The second-order valence-corrected chi connectivity index (χ2v) is 9.25. The molecule has 0 saturated carbocycles. The summed E-state index contributed by atoms with van der Waals surface area (Å²) in [5.74, 6) is -0.188. The minimum atomic E-state index is -3.83. The normalized spacial score (nSPS) is 15.8. The molecule has 154 valence electrons. The number of rotatable bonds is 6. The van der Waals surface area contributed by atoms with Crippen molar-refractivity contribution in [2.45, 2.75) is 4.90 Å². The van der Waals surface area contributed by atoms with E-state index in [0.717, 1.165) is 10.5 Å². The maximum absolute atomic E-state index is 12.8. The van der Waals surface area contributed by atoms with Crippen molar-refractivity contribution in [3.8, 4) is 0 Å². The average molecular weight is 483 g/mol. The highest BCUT2D eigenvalue weighted by Gasteiger charge is 2.30. The Bertz CT molecular complexity index is 1020. The van der Waals surface area contributed by atoms with Gasteiger partial charge in [-0.3, -0.25) is 19.8 Å². The third kappa shape index (κ3) is 5.18. The lowest BCUT2D eigenvalue weighted by atomic mass is 10.3. The van der Waals surface area contributed by atoms with E-state index in [2.05, 4.69) is 21.2 Å². The predicted molar refractivity (Wildman–Crippen MR) is 111 cm³/mol. The van der Waals surface area contributed by atoms with Crippen LogP contribution in [-0.2, 0) is 14.8 Å². The zero-order chi connectivity index (χ0) is 21.0. The zero-order valence-electron chi connectivity index (χ0n) is 15.3. The molecular weight excluding hydrogens is 464 g/mol. The first-order valence-electron chi connectivity index (χ1n) is 8.79. The molecule has 0 bridgehead atoms. The minimum absolute atomic E-state index is 0.105. The second-order valence-electron chi connectivity index (χ2n) is 6.46. The molecule has 1 saturated heterocycles. The fourth-order valence-electron chi connectivity index (χ4n) is 2.99. The Labute approximate surface area is 176 Å². The van der Waals surface area contributed by atoms with Gasteiger partial charge in [-0.1, -0.05) is 18.2 Å². The van der Waals surface area contributed by atoms with Crippen molar-refractivity contribution in [1.29, 1.82) is 0 Å². The summed E-state index contributed by atoms with van der Waals surface area (Å²) < 4.78 is 27.6. The molecule has 9 nitrogen and oxygen atoms in total. The first-order valence-corrected chi connectivity index (χ1v) is 11.0. The zero-order valence-corrected chi connectivity index (χ0v) is 17.7. The van der Waals surface area contributed by atoms with Crippen LogP contribution in [0.1, 0.15) is 0 Å². The van der Waals surface area contributed by atoms with Gasteiger partial charge in [0.25, 0.3) is 5.69 Å². The number of halogens is 1. The van der Waals surface area contributed by atoms with Crippen molar-refractivity contribution >= 4 is 43.2 Å². The number of carbonyl (C=O) groups is 1. The van der Waals surface area contributed by atoms with Crippen LogP contribution in [0.25, 0.3) is 0 Å². The van der Waals surface area contributed by atoms with Crippen LogP contribution >= 0.6 is 15.9 Å². The molecule has 0 aromatic heterocycles. The van der Waals surface area contributed by atoms with E-state index in [4.69, 9.17) is 0 Å². The lowest BCUT2D eigenvalue weighted by Crippen LogP contribution is -2.50. The lowest BCUT2D eigenvalue weighted by Gasteiger charge is -2.33. The van der Waals surface area contributed by atoms with E-state index in [1.54, 1.807) is 6.07 Å². The number of nitrogens with one attached hydrogen (secondary N) is 1. The van der Waals surface area contributed by atoms with Gasteiger partial charge < -0.3 is 5.32 Å². The van der Waals surface area contributed by atoms with Gasteiger partial charge >= 0.3 is 0 Å². The van der Waals surface area contributed by atoms with Crippen LogP contribution in [0, 0.1) is 10.1 Å². The number of non-ortho nitro benzene ring substituents is 1. The lowest BCUT2D eigenvalue weighted by molar-refractivity contribution is -0.385. The number of nitro groups is 1. The Morgan fingerprint density at radius 1 is 1.10 bits per heavy atom. The maximum atomic E-state index is 12.8. The molecule has 0 spiro atoms. The van der Waals surface area contributed by atoms with Gasteiger partial charge in [0.1, 0.15) is 0 Å². The van der Waals surface area contributed by atoms with Crippen LogP contribution in [0.5, 0.6) is 0 Å². The highest BCUT2D eigenvalue weighted by Crippen LogP contribution is 2.23.